The maximum Gasteiger partial charge on any atom is 0.387 e. The molecule has 0 heterocycles. The molecular formula is C11H9F2NO4. The lowest BCUT2D eigenvalue weighted by Gasteiger charge is -2.09. The maximum absolute atomic E-state index is 12.0. The zero-order valence-electron chi connectivity index (χ0n) is 9.31. The number of carbonyl (C=O) groups excluding carboxylic acids is 1. The van der Waals surface area contributed by atoms with E-state index in [0.29, 0.717) is 0 Å². The minimum absolute atomic E-state index is 0.0460. The molecule has 0 radical (unpaired) electrons. The maximum atomic E-state index is 12.0. The van der Waals surface area contributed by atoms with E-state index in [-0.39, 0.29) is 17.7 Å². The quantitative estimate of drug-likeness (QED) is 0.835. The largest absolute Gasteiger partial charge is 0.506 e. The molecule has 1 N–H and O–H groups in total. The van der Waals surface area contributed by atoms with Crippen LogP contribution in [0.3, 0.4) is 0 Å². The molecule has 0 aliphatic rings. The number of benzene rings is 1. The average Bonchev–Trinajstić information content (AvgIpc) is 2.27. The van der Waals surface area contributed by atoms with Crippen molar-refractivity contribution >= 4 is 5.97 Å². The predicted octanol–water partition coefficient (Wildman–Crippen LogP) is 2.04. The number of ether oxygens (including phenoxy) is 2. The van der Waals surface area contributed by atoms with Crippen LogP contribution in [0.25, 0.3) is 0 Å². The fraction of sp³-hybridized carbons (Fsp3) is 0.273. The van der Waals surface area contributed by atoms with Crippen LogP contribution < -0.4 is 4.74 Å². The molecule has 0 aliphatic carbocycles. The molecule has 0 bridgehead atoms. The van der Waals surface area contributed by atoms with Crippen molar-refractivity contribution in [1.82, 2.24) is 0 Å². The van der Waals surface area contributed by atoms with Crippen molar-refractivity contribution in [3.05, 3.63) is 23.3 Å². The van der Waals surface area contributed by atoms with Gasteiger partial charge in [-0.3, -0.25) is 0 Å². The van der Waals surface area contributed by atoms with Gasteiger partial charge in [0.1, 0.15) is 23.1 Å². The number of nitrogens with zero attached hydrogens (tertiary/aromatic N) is 1. The molecular weight excluding hydrogens is 248 g/mol. The number of alkyl halides is 2. The highest BCUT2D eigenvalue weighted by Crippen LogP contribution is 2.28. The summed E-state index contributed by atoms with van der Waals surface area (Å²) in [6.07, 6.45) is 0. The monoisotopic (exact) mass is 257 g/mol. The second kappa shape index (κ2) is 5.82. The first-order valence-corrected chi connectivity index (χ1v) is 4.88. The Hall–Kier alpha value is -2.36. The molecule has 0 saturated carbocycles. The number of phenols is 1. The number of halogens is 2. The molecule has 1 aromatic carbocycles. The Balaban J connectivity index is 3.24. The van der Waals surface area contributed by atoms with Crippen molar-refractivity contribution in [2.24, 2.45) is 0 Å². The van der Waals surface area contributed by atoms with E-state index >= 15 is 0 Å². The topological polar surface area (TPSA) is 79.6 Å². The molecule has 96 valence electrons. The summed E-state index contributed by atoms with van der Waals surface area (Å²) in [5.41, 5.74) is -0.676. The van der Waals surface area contributed by atoms with Crippen molar-refractivity contribution in [3.63, 3.8) is 0 Å². The molecule has 0 spiro atoms. The van der Waals surface area contributed by atoms with Crippen LogP contribution >= 0.6 is 0 Å². The molecule has 0 unspecified atom stereocenters. The number of rotatable bonds is 4. The lowest BCUT2D eigenvalue weighted by molar-refractivity contribution is -0.0500. The molecule has 0 amide bonds. The molecule has 7 heteroatoms. The first kappa shape index (κ1) is 13.7. The standard InChI is InChI=1S/C11H9F2NO4/c1-2-17-10(16)7-3-6(18-11(12)13)4-9(15)8(7)5-14/h3-4,11,15H,2H2,1H3. The fourth-order valence-corrected chi connectivity index (χ4v) is 1.26. The Morgan fingerprint density at radius 2 is 2.22 bits per heavy atom. The van der Waals surface area contributed by atoms with E-state index in [0.717, 1.165) is 12.1 Å². The van der Waals surface area contributed by atoms with Gasteiger partial charge in [0.05, 0.1) is 12.2 Å². The van der Waals surface area contributed by atoms with Crippen molar-refractivity contribution in [1.29, 1.82) is 5.26 Å². The summed E-state index contributed by atoms with van der Waals surface area (Å²) in [4.78, 5) is 11.5. The van der Waals surface area contributed by atoms with Gasteiger partial charge in [-0.2, -0.15) is 14.0 Å². The zero-order valence-corrected chi connectivity index (χ0v) is 9.31. The Bertz CT molecular complexity index is 497. The van der Waals surface area contributed by atoms with E-state index in [1.807, 2.05) is 0 Å². The number of esters is 1. The van der Waals surface area contributed by atoms with Crippen LogP contribution in [0.15, 0.2) is 12.1 Å². The van der Waals surface area contributed by atoms with Gasteiger partial charge >= 0.3 is 12.6 Å². The lowest BCUT2D eigenvalue weighted by atomic mass is 10.1. The Kier molecular flexibility index (Phi) is 4.43. The van der Waals surface area contributed by atoms with Gasteiger partial charge in [-0.25, -0.2) is 4.79 Å². The van der Waals surface area contributed by atoms with Crippen molar-refractivity contribution in [3.8, 4) is 17.6 Å². The summed E-state index contributed by atoms with van der Waals surface area (Å²) in [7, 11) is 0. The molecule has 18 heavy (non-hydrogen) atoms. The highest BCUT2D eigenvalue weighted by Gasteiger charge is 2.19. The SMILES string of the molecule is CCOC(=O)c1cc(OC(F)F)cc(O)c1C#N. The number of aromatic hydroxyl groups is 1. The van der Waals surface area contributed by atoms with Crippen molar-refractivity contribution in [2.45, 2.75) is 13.5 Å². The molecule has 1 rings (SSSR count). The molecule has 0 aromatic heterocycles. The summed E-state index contributed by atoms with van der Waals surface area (Å²) < 4.78 is 32.8. The first-order chi connectivity index (χ1) is 8.49. The highest BCUT2D eigenvalue weighted by atomic mass is 19.3. The lowest BCUT2D eigenvalue weighted by Crippen LogP contribution is -2.09. The van der Waals surface area contributed by atoms with E-state index in [1.165, 1.54) is 0 Å². The molecule has 0 atom stereocenters. The number of nitriles is 1. The summed E-state index contributed by atoms with van der Waals surface area (Å²) in [5, 5.41) is 18.2. The van der Waals surface area contributed by atoms with Gasteiger partial charge in [-0.05, 0) is 13.0 Å². The molecule has 0 saturated heterocycles. The van der Waals surface area contributed by atoms with Crippen molar-refractivity contribution < 1.29 is 28.2 Å². The zero-order chi connectivity index (χ0) is 13.7. The second-order valence-electron chi connectivity index (χ2n) is 3.08. The van der Waals surface area contributed by atoms with E-state index in [2.05, 4.69) is 9.47 Å². The normalized spacial score (nSPS) is 9.94. The van der Waals surface area contributed by atoms with E-state index in [4.69, 9.17) is 5.26 Å². The molecule has 0 fully saturated rings. The third kappa shape index (κ3) is 3.07. The number of hydrogen-bond donors (Lipinski definition) is 1. The first-order valence-electron chi connectivity index (χ1n) is 4.88. The van der Waals surface area contributed by atoms with Crippen LogP contribution in [0.2, 0.25) is 0 Å². The number of phenolic OH excluding ortho intramolecular Hbond substituents is 1. The Morgan fingerprint density at radius 1 is 1.56 bits per heavy atom. The third-order valence-corrected chi connectivity index (χ3v) is 1.92. The third-order valence-electron chi connectivity index (χ3n) is 1.92. The van der Waals surface area contributed by atoms with Crippen LogP contribution in [0, 0.1) is 11.3 Å². The minimum atomic E-state index is -3.10. The smallest absolute Gasteiger partial charge is 0.387 e. The van der Waals surface area contributed by atoms with Gasteiger partial charge in [0.2, 0.25) is 0 Å². The number of carbonyl (C=O) groups is 1. The molecule has 0 aliphatic heterocycles. The van der Waals surface area contributed by atoms with Crippen LogP contribution in [-0.2, 0) is 4.74 Å². The van der Waals surface area contributed by atoms with Gasteiger partial charge < -0.3 is 14.6 Å². The minimum Gasteiger partial charge on any atom is -0.506 e. The average molecular weight is 257 g/mol. The summed E-state index contributed by atoms with van der Waals surface area (Å²) in [5.74, 6) is -1.95. The summed E-state index contributed by atoms with van der Waals surface area (Å²) in [6.45, 7) is -1.51. The molecule has 1 aromatic rings. The fourth-order valence-electron chi connectivity index (χ4n) is 1.26. The van der Waals surface area contributed by atoms with Crippen molar-refractivity contribution in [2.75, 3.05) is 6.61 Å². The van der Waals surface area contributed by atoms with Crippen LogP contribution in [-0.4, -0.2) is 24.3 Å². The van der Waals surface area contributed by atoms with Gasteiger partial charge in [0.25, 0.3) is 0 Å². The molecule has 5 nitrogen and oxygen atoms in total. The van der Waals surface area contributed by atoms with Gasteiger partial charge in [0.15, 0.2) is 0 Å². The van der Waals surface area contributed by atoms with Crippen LogP contribution in [0.4, 0.5) is 8.78 Å². The second-order valence-corrected chi connectivity index (χ2v) is 3.08. The number of hydrogen-bond acceptors (Lipinski definition) is 5. The summed E-state index contributed by atoms with van der Waals surface area (Å²) in [6, 6.07) is 3.34. The van der Waals surface area contributed by atoms with E-state index in [1.54, 1.807) is 13.0 Å². The Labute approximate surface area is 101 Å². The van der Waals surface area contributed by atoms with E-state index in [9.17, 15) is 18.7 Å². The van der Waals surface area contributed by atoms with Gasteiger partial charge in [0, 0.05) is 6.07 Å². The predicted molar refractivity (Wildman–Crippen MR) is 55.4 cm³/mol. The highest BCUT2D eigenvalue weighted by molar-refractivity contribution is 5.93. The summed E-state index contributed by atoms with van der Waals surface area (Å²) >= 11 is 0. The Morgan fingerprint density at radius 3 is 2.72 bits per heavy atom. The van der Waals surface area contributed by atoms with Crippen LogP contribution in [0.1, 0.15) is 22.8 Å². The van der Waals surface area contributed by atoms with Gasteiger partial charge in [-0.1, -0.05) is 0 Å². The van der Waals surface area contributed by atoms with E-state index < -0.39 is 24.1 Å². The van der Waals surface area contributed by atoms with Crippen LogP contribution in [0.5, 0.6) is 11.5 Å². The van der Waals surface area contributed by atoms with Gasteiger partial charge in [-0.15, -0.1) is 0 Å².